The molecular formula is C56H32O2. The van der Waals surface area contributed by atoms with Crippen LogP contribution in [0, 0.1) is 5.92 Å². The molecule has 3 aliphatic carbocycles. The van der Waals surface area contributed by atoms with E-state index in [0.717, 1.165) is 55.0 Å². The summed E-state index contributed by atoms with van der Waals surface area (Å²) in [7, 11) is 0. The zero-order valence-electron chi connectivity index (χ0n) is 31.3. The lowest BCUT2D eigenvalue weighted by atomic mass is 9.68. The van der Waals surface area contributed by atoms with E-state index in [2.05, 4.69) is 182 Å². The van der Waals surface area contributed by atoms with Gasteiger partial charge < -0.3 is 8.83 Å². The maximum absolute atomic E-state index is 6.42. The molecule has 0 spiro atoms. The monoisotopic (exact) mass is 736 g/mol. The molecule has 9 aromatic carbocycles. The van der Waals surface area contributed by atoms with Crippen molar-refractivity contribution in [3.05, 3.63) is 192 Å². The predicted molar refractivity (Wildman–Crippen MR) is 243 cm³/mol. The van der Waals surface area contributed by atoms with Crippen LogP contribution in [0.25, 0.3) is 122 Å². The Morgan fingerprint density at radius 2 is 0.862 bits per heavy atom. The van der Waals surface area contributed by atoms with Gasteiger partial charge in [-0.2, -0.15) is 0 Å². The van der Waals surface area contributed by atoms with Crippen molar-refractivity contribution in [2.45, 2.75) is 5.92 Å². The molecule has 2 nitrogen and oxygen atoms in total. The van der Waals surface area contributed by atoms with Gasteiger partial charge in [0.15, 0.2) is 0 Å². The minimum Gasteiger partial charge on any atom is -0.456 e. The van der Waals surface area contributed by atoms with Crippen LogP contribution < -0.4 is 0 Å². The highest BCUT2D eigenvalue weighted by molar-refractivity contribution is 6.24. The molecule has 2 heterocycles. The van der Waals surface area contributed by atoms with Gasteiger partial charge >= 0.3 is 0 Å². The van der Waals surface area contributed by atoms with E-state index in [0.29, 0.717) is 11.8 Å². The number of furan rings is 2. The first-order valence-electron chi connectivity index (χ1n) is 20.2. The van der Waals surface area contributed by atoms with Crippen molar-refractivity contribution in [1.82, 2.24) is 0 Å². The van der Waals surface area contributed by atoms with E-state index in [1.165, 1.54) is 76.8 Å². The minimum absolute atomic E-state index is 0.415. The highest BCUT2D eigenvalue weighted by atomic mass is 16.3. The Kier molecular flexibility index (Phi) is 5.90. The van der Waals surface area contributed by atoms with Crippen molar-refractivity contribution in [3.63, 3.8) is 0 Å². The van der Waals surface area contributed by atoms with Crippen LogP contribution in [0.15, 0.2) is 184 Å². The quantitative estimate of drug-likeness (QED) is 0.169. The van der Waals surface area contributed by atoms with Crippen LogP contribution in [0.4, 0.5) is 0 Å². The SMILES string of the molecule is C1=CC2C=Cc3cc(-c4ccc5oc6ccc(-c7ccc8oc9ccc(-c%10cc%11ccc%12cccc%13ccc(c%10)c%11c%12%13)cc9c8c7)cc6c5c4)cc4c3C2C(=C1)C=C4. The summed E-state index contributed by atoms with van der Waals surface area (Å²) in [6.45, 7) is 0. The van der Waals surface area contributed by atoms with Crippen LogP contribution in [0.2, 0.25) is 0 Å². The largest absolute Gasteiger partial charge is 0.456 e. The zero-order valence-corrected chi connectivity index (χ0v) is 31.3. The Bertz CT molecular complexity index is 3680. The second-order valence-corrected chi connectivity index (χ2v) is 16.4. The lowest BCUT2D eigenvalue weighted by Crippen LogP contribution is -2.20. The van der Waals surface area contributed by atoms with Gasteiger partial charge in [-0.15, -0.1) is 0 Å². The van der Waals surface area contributed by atoms with E-state index >= 15 is 0 Å². The Labute approximate surface area is 333 Å². The zero-order chi connectivity index (χ0) is 37.6. The summed E-state index contributed by atoms with van der Waals surface area (Å²) in [5.74, 6) is 0.847. The molecule has 0 saturated carbocycles. The highest BCUT2D eigenvalue weighted by Crippen LogP contribution is 2.48. The minimum atomic E-state index is 0.415. The first kappa shape index (κ1) is 30.8. The van der Waals surface area contributed by atoms with E-state index in [4.69, 9.17) is 8.83 Å². The summed E-state index contributed by atoms with van der Waals surface area (Å²) in [6, 6.07) is 51.4. The van der Waals surface area contributed by atoms with Crippen LogP contribution in [0.3, 0.4) is 0 Å². The Morgan fingerprint density at radius 1 is 0.379 bits per heavy atom. The summed E-state index contributed by atoms with van der Waals surface area (Å²) in [6.07, 6.45) is 16.1. The smallest absolute Gasteiger partial charge is 0.135 e. The van der Waals surface area contributed by atoms with E-state index in [-0.39, 0.29) is 0 Å². The topological polar surface area (TPSA) is 26.3 Å². The van der Waals surface area contributed by atoms with Crippen molar-refractivity contribution in [1.29, 1.82) is 0 Å². The molecule has 2 atom stereocenters. The molecule has 0 amide bonds. The van der Waals surface area contributed by atoms with E-state index in [9.17, 15) is 0 Å². The van der Waals surface area contributed by atoms with Gasteiger partial charge in [0.1, 0.15) is 22.3 Å². The fourth-order valence-electron chi connectivity index (χ4n) is 10.5. The Hall–Kier alpha value is -7.42. The molecule has 11 aromatic rings. The summed E-state index contributed by atoms with van der Waals surface area (Å²) >= 11 is 0. The normalized spacial score (nSPS) is 16.9. The molecule has 58 heavy (non-hydrogen) atoms. The molecule has 0 aliphatic heterocycles. The molecule has 2 aromatic heterocycles. The number of fused-ring (bicyclic) bond motifs is 6. The van der Waals surface area contributed by atoms with E-state index in [1.54, 1.807) is 0 Å². The van der Waals surface area contributed by atoms with Gasteiger partial charge in [-0.05, 0) is 161 Å². The van der Waals surface area contributed by atoms with Crippen LogP contribution in [0.1, 0.15) is 22.6 Å². The van der Waals surface area contributed by atoms with Crippen LogP contribution >= 0.6 is 0 Å². The number of benzene rings is 9. The third kappa shape index (κ3) is 4.27. The lowest BCUT2D eigenvalue weighted by molar-refractivity contribution is 0.664. The third-order valence-corrected chi connectivity index (χ3v) is 13.3. The average Bonchev–Trinajstić information content (AvgIpc) is 3.84. The van der Waals surface area contributed by atoms with Crippen molar-refractivity contribution in [3.8, 4) is 33.4 Å². The van der Waals surface area contributed by atoms with Gasteiger partial charge in [0.2, 0.25) is 0 Å². The average molecular weight is 737 g/mol. The molecule has 0 saturated heterocycles. The van der Waals surface area contributed by atoms with Crippen LogP contribution in [-0.4, -0.2) is 0 Å². The maximum Gasteiger partial charge on any atom is 0.135 e. The first-order valence-corrected chi connectivity index (χ1v) is 20.2. The summed E-state index contributed by atoms with van der Waals surface area (Å²) in [5, 5.41) is 12.3. The fourth-order valence-corrected chi connectivity index (χ4v) is 10.5. The highest BCUT2D eigenvalue weighted by Gasteiger charge is 2.32. The number of hydrogen-bond donors (Lipinski definition) is 0. The molecule has 0 bridgehead atoms. The van der Waals surface area contributed by atoms with Gasteiger partial charge in [-0.25, -0.2) is 0 Å². The summed E-state index contributed by atoms with van der Waals surface area (Å²) in [5.41, 5.74) is 16.2. The number of rotatable bonds is 3. The van der Waals surface area contributed by atoms with Crippen LogP contribution in [-0.2, 0) is 0 Å². The van der Waals surface area contributed by atoms with Crippen molar-refractivity contribution in [2.75, 3.05) is 0 Å². The molecule has 2 heteroatoms. The molecule has 2 unspecified atom stereocenters. The first-order chi connectivity index (χ1) is 28.7. The number of hydrogen-bond acceptors (Lipinski definition) is 2. The predicted octanol–water partition coefficient (Wildman–Crippen LogP) is 15.6. The molecule has 0 fully saturated rings. The Balaban J connectivity index is 0.862. The molecular weight excluding hydrogens is 705 g/mol. The Morgan fingerprint density at radius 3 is 1.43 bits per heavy atom. The fraction of sp³-hybridized carbons (Fsp3) is 0.0357. The van der Waals surface area contributed by atoms with Crippen LogP contribution in [0.5, 0.6) is 0 Å². The van der Waals surface area contributed by atoms with Gasteiger partial charge in [0.05, 0.1) is 0 Å². The van der Waals surface area contributed by atoms with Crippen molar-refractivity contribution < 1.29 is 8.83 Å². The lowest BCUT2D eigenvalue weighted by Gasteiger charge is -2.35. The van der Waals surface area contributed by atoms with Gasteiger partial charge in [0, 0.05) is 33.4 Å². The summed E-state index contributed by atoms with van der Waals surface area (Å²) in [4.78, 5) is 0. The summed E-state index contributed by atoms with van der Waals surface area (Å²) < 4.78 is 12.8. The van der Waals surface area contributed by atoms with E-state index < -0.39 is 0 Å². The molecule has 14 rings (SSSR count). The number of allylic oxidation sites excluding steroid dienone is 6. The van der Waals surface area contributed by atoms with Gasteiger partial charge in [-0.1, -0.05) is 109 Å². The van der Waals surface area contributed by atoms with Crippen molar-refractivity contribution >= 4 is 88.3 Å². The van der Waals surface area contributed by atoms with Crippen molar-refractivity contribution in [2.24, 2.45) is 5.92 Å². The molecule has 268 valence electrons. The van der Waals surface area contributed by atoms with Gasteiger partial charge in [-0.3, -0.25) is 0 Å². The second-order valence-electron chi connectivity index (χ2n) is 16.4. The third-order valence-electron chi connectivity index (χ3n) is 13.3. The maximum atomic E-state index is 6.42. The second kappa shape index (κ2) is 11.1. The van der Waals surface area contributed by atoms with E-state index in [1.807, 2.05) is 0 Å². The van der Waals surface area contributed by atoms with Gasteiger partial charge in [0.25, 0.3) is 0 Å². The standard InChI is InChI=1S/C56H32O2/c1-3-31-7-11-39-23-43(24-40-12-8-32(4-1)53(31)55(39)40)37-17-21-51-47(29-37)45-27-35(15-19-49(45)57-51)36-16-20-50-46(28-36)48-30-38(18-22-52(48)58-50)44-25-41-13-9-33-5-2-6-34-10-14-42(26-44)56(41)54(33)34/h1-31,53H. The molecule has 0 N–H and O–H groups in total. The molecule has 3 aliphatic rings. The molecule has 0 radical (unpaired) electrons.